The molecule has 0 aliphatic carbocycles. The average Bonchev–Trinajstić information content (AvgIpc) is 2.57. The van der Waals surface area contributed by atoms with Crippen molar-refractivity contribution in [2.75, 3.05) is 0 Å². The number of halogens is 1. The molecular formula is C9H8ClN3O2. The van der Waals surface area contributed by atoms with Gasteiger partial charge < -0.3 is 14.8 Å². The van der Waals surface area contributed by atoms with Gasteiger partial charge in [0, 0.05) is 11.2 Å². The zero-order valence-corrected chi connectivity index (χ0v) is 8.40. The summed E-state index contributed by atoms with van der Waals surface area (Å²) >= 11 is 5.83. The largest absolute Gasteiger partial charge is 0.465 e. The van der Waals surface area contributed by atoms with Gasteiger partial charge in [0.05, 0.1) is 24.1 Å². The van der Waals surface area contributed by atoms with Gasteiger partial charge in [-0.2, -0.15) is 0 Å². The average molecular weight is 226 g/mol. The van der Waals surface area contributed by atoms with E-state index >= 15 is 0 Å². The Labute approximate surface area is 90.3 Å². The van der Waals surface area contributed by atoms with Crippen LogP contribution in [0.4, 0.5) is 4.79 Å². The molecule has 0 aromatic carbocycles. The van der Waals surface area contributed by atoms with E-state index in [1.165, 1.54) is 0 Å². The van der Waals surface area contributed by atoms with Crippen molar-refractivity contribution in [2.24, 2.45) is 0 Å². The first-order valence-electron chi connectivity index (χ1n) is 4.24. The van der Waals surface area contributed by atoms with Crippen LogP contribution in [0.5, 0.6) is 0 Å². The molecule has 2 aromatic heterocycles. The third kappa shape index (κ3) is 2.02. The Balaban J connectivity index is 2.35. The van der Waals surface area contributed by atoms with Gasteiger partial charge in [-0.05, 0) is 12.1 Å². The van der Waals surface area contributed by atoms with Gasteiger partial charge in [0.2, 0.25) is 0 Å². The molecule has 6 heteroatoms. The Kier molecular flexibility index (Phi) is 2.47. The fourth-order valence-corrected chi connectivity index (χ4v) is 1.47. The number of nitrogens with one attached hydrogen (secondary N) is 1. The molecule has 1 amide bonds. The maximum atomic E-state index is 10.3. The van der Waals surface area contributed by atoms with Crippen LogP contribution < -0.4 is 5.32 Å². The first-order chi connectivity index (χ1) is 7.16. The second-order valence-electron chi connectivity index (χ2n) is 2.99. The van der Waals surface area contributed by atoms with Crippen LogP contribution in [0.2, 0.25) is 5.02 Å². The molecule has 0 aliphatic rings. The van der Waals surface area contributed by atoms with Crippen molar-refractivity contribution in [2.45, 2.75) is 6.54 Å². The standard InChI is InChI=1S/C9H8ClN3O2/c10-6-1-2-13-5-12-7(8(13)3-6)4-11-9(14)15/h1-3,5,11H,4H2,(H,14,15). The number of nitrogens with zero attached hydrogens (tertiary/aromatic N) is 2. The smallest absolute Gasteiger partial charge is 0.404 e. The van der Waals surface area contributed by atoms with E-state index in [4.69, 9.17) is 16.7 Å². The number of fused-ring (bicyclic) bond motifs is 1. The maximum absolute atomic E-state index is 10.3. The van der Waals surface area contributed by atoms with Crippen LogP contribution in [-0.4, -0.2) is 20.6 Å². The van der Waals surface area contributed by atoms with E-state index in [0.29, 0.717) is 10.7 Å². The molecule has 2 N–H and O–H groups in total. The van der Waals surface area contributed by atoms with Crippen LogP contribution in [0, 0.1) is 0 Å². The zero-order chi connectivity index (χ0) is 10.8. The Morgan fingerprint density at radius 2 is 2.47 bits per heavy atom. The molecule has 15 heavy (non-hydrogen) atoms. The summed E-state index contributed by atoms with van der Waals surface area (Å²) in [6, 6.07) is 3.48. The van der Waals surface area contributed by atoms with E-state index in [9.17, 15) is 4.79 Å². The summed E-state index contributed by atoms with van der Waals surface area (Å²) in [6.07, 6.45) is 2.32. The first-order valence-corrected chi connectivity index (χ1v) is 4.62. The molecule has 0 atom stereocenters. The Hall–Kier alpha value is -1.75. The second-order valence-corrected chi connectivity index (χ2v) is 3.42. The van der Waals surface area contributed by atoms with Gasteiger partial charge >= 0.3 is 6.09 Å². The lowest BCUT2D eigenvalue weighted by atomic mass is 10.3. The number of imidazole rings is 1. The molecule has 0 unspecified atom stereocenters. The van der Waals surface area contributed by atoms with E-state index < -0.39 is 6.09 Å². The molecule has 0 spiro atoms. The highest BCUT2D eigenvalue weighted by molar-refractivity contribution is 6.30. The topological polar surface area (TPSA) is 66.6 Å². The lowest BCUT2D eigenvalue weighted by molar-refractivity contribution is 0.194. The summed E-state index contributed by atoms with van der Waals surface area (Å²) in [5, 5.41) is 11.3. The summed E-state index contributed by atoms with van der Waals surface area (Å²) in [7, 11) is 0. The Bertz CT molecular complexity index is 509. The van der Waals surface area contributed by atoms with E-state index in [2.05, 4.69) is 10.3 Å². The summed E-state index contributed by atoms with van der Waals surface area (Å²) in [4.78, 5) is 14.4. The zero-order valence-electron chi connectivity index (χ0n) is 7.64. The molecular weight excluding hydrogens is 218 g/mol. The highest BCUT2D eigenvalue weighted by Crippen LogP contribution is 2.15. The van der Waals surface area contributed by atoms with Gasteiger partial charge in [-0.15, -0.1) is 0 Å². The summed E-state index contributed by atoms with van der Waals surface area (Å²) in [5.41, 5.74) is 1.45. The van der Waals surface area contributed by atoms with Crippen molar-refractivity contribution in [3.05, 3.63) is 35.4 Å². The molecule has 0 fully saturated rings. The van der Waals surface area contributed by atoms with Crippen molar-refractivity contribution in [1.82, 2.24) is 14.7 Å². The molecule has 0 bridgehead atoms. The SMILES string of the molecule is O=C(O)NCc1ncn2ccc(Cl)cc12. The molecule has 2 aromatic rings. The normalized spacial score (nSPS) is 10.5. The molecule has 2 heterocycles. The third-order valence-electron chi connectivity index (χ3n) is 1.99. The molecule has 0 saturated carbocycles. The minimum absolute atomic E-state index is 0.173. The molecule has 0 aliphatic heterocycles. The van der Waals surface area contributed by atoms with Gasteiger partial charge in [0.1, 0.15) is 0 Å². The summed E-state index contributed by atoms with van der Waals surface area (Å²) in [5.74, 6) is 0. The summed E-state index contributed by atoms with van der Waals surface area (Å²) < 4.78 is 1.78. The number of hydrogen-bond donors (Lipinski definition) is 2. The highest BCUT2D eigenvalue weighted by Gasteiger charge is 2.05. The van der Waals surface area contributed by atoms with Crippen molar-refractivity contribution >= 4 is 23.2 Å². The number of carboxylic acid groups (broad SMARTS) is 1. The van der Waals surface area contributed by atoms with Crippen LogP contribution in [0.15, 0.2) is 24.7 Å². The predicted octanol–water partition coefficient (Wildman–Crippen LogP) is 1.76. The fraction of sp³-hybridized carbons (Fsp3) is 0.111. The van der Waals surface area contributed by atoms with E-state index in [1.807, 2.05) is 0 Å². The first kappa shape index (κ1) is 9.79. The van der Waals surface area contributed by atoms with Crippen LogP contribution in [0.25, 0.3) is 5.52 Å². The molecule has 0 saturated heterocycles. The quantitative estimate of drug-likeness (QED) is 0.818. The van der Waals surface area contributed by atoms with Gasteiger partial charge in [-0.3, -0.25) is 0 Å². The van der Waals surface area contributed by atoms with Gasteiger partial charge in [-0.1, -0.05) is 11.6 Å². The Morgan fingerprint density at radius 3 is 3.20 bits per heavy atom. The highest BCUT2D eigenvalue weighted by atomic mass is 35.5. The number of amides is 1. The minimum atomic E-state index is -1.07. The van der Waals surface area contributed by atoms with Crippen molar-refractivity contribution in [1.29, 1.82) is 0 Å². The van der Waals surface area contributed by atoms with Gasteiger partial charge in [0.25, 0.3) is 0 Å². The molecule has 2 rings (SSSR count). The molecule has 0 radical (unpaired) electrons. The lowest BCUT2D eigenvalue weighted by Crippen LogP contribution is -2.20. The number of pyridine rings is 1. The van der Waals surface area contributed by atoms with Crippen molar-refractivity contribution < 1.29 is 9.90 Å². The van der Waals surface area contributed by atoms with Crippen LogP contribution in [-0.2, 0) is 6.54 Å². The van der Waals surface area contributed by atoms with Crippen LogP contribution in [0.1, 0.15) is 5.69 Å². The Morgan fingerprint density at radius 1 is 1.67 bits per heavy atom. The second kappa shape index (κ2) is 3.78. The third-order valence-corrected chi connectivity index (χ3v) is 2.22. The van der Waals surface area contributed by atoms with Crippen LogP contribution >= 0.6 is 11.6 Å². The number of hydrogen-bond acceptors (Lipinski definition) is 2. The lowest BCUT2D eigenvalue weighted by Gasteiger charge is -1.99. The summed E-state index contributed by atoms with van der Waals surface area (Å²) in [6.45, 7) is 0.173. The fourth-order valence-electron chi connectivity index (χ4n) is 1.31. The molecule has 78 valence electrons. The maximum Gasteiger partial charge on any atom is 0.404 e. The number of rotatable bonds is 2. The number of carbonyl (C=O) groups is 1. The minimum Gasteiger partial charge on any atom is -0.465 e. The van der Waals surface area contributed by atoms with Crippen molar-refractivity contribution in [3.63, 3.8) is 0 Å². The predicted molar refractivity (Wildman–Crippen MR) is 55.1 cm³/mol. The van der Waals surface area contributed by atoms with E-state index in [0.717, 1.165) is 5.52 Å². The monoisotopic (exact) mass is 225 g/mol. The van der Waals surface area contributed by atoms with E-state index in [-0.39, 0.29) is 6.54 Å². The number of aromatic nitrogens is 2. The van der Waals surface area contributed by atoms with Crippen molar-refractivity contribution in [3.8, 4) is 0 Å². The molecule has 5 nitrogen and oxygen atoms in total. The van der Waals surface area contributed by atoms with Crippen LogP contribution in [0.3, 0.4) is 0 Å². The van der Waals surface area contributed by atoms with Gasteiger partial charge in [0.15, 0.2) is 0 Å². The van der Waals surface area contributed by atoms with E-state index in [1.54, 1.807) is 29.1 Å². The van der Waals surface area contributed by atoms with Gasteiger partial charge in [-0.25, -0.2) is 9.78 Å².